The Morgan fingerprint density at radius 2 is 1.64 bits per heavy atom. The third kappa shape index (κ3) is 4.53. The molecule has 0 fully saturated rings. The summed E-state index contributed by atoms with van der Waals surface area (Å²) in [5, 5.41) is 0. The molecule has 0 aliphatic carbocycles. The monoisotopic (exact) mass is 316 g/mol. The first-order valence-electron chi connectivity index (χ1n) is 6.52. The molecule has 1 nitrogen and oxygen atoms in total. The van der Waals surface area contributed by atoms with Crippen LogP contribution in [0.5, 0.6) is 0 Å². The lowest BCUT2D eigenvalue weighted by Crippen LogP contribution is -2.33. The molecule has 2 aromatic rings. The zero-order valence-electron chi connectivity index (χ0n) is 11.4. The molecule has 2 rings (SSSR count). The van der Waals surface area contributed by atoms with Crippen molar-refractivity contribution in [2.24, 2.45) is 0 Å². The number of benzene rings is 2. The van der Waals surface area contributed by atoms with Crippen LogP contribution in [0.4, 0.5) is 22.0 Å². The van der Waals surface area contributed by atoms with Gasteiger partial charge in [-0.25, -0.2) is 8.78 Å². The van der Waals surface area contributed by atoms with Gasteiger partial charge in [-0.15, -0.1) is 0 Å². The SMILES string of the molecule is Fc1ccc(COC(Cc2ccccc2)C(F)(F)F)c(F)c1. The van der Waals surface area contributed by atoms with E-state index in [-0.39, 0.29) is 12.0 Å². The Balaban J connectivity index is 2.07. The van der Waals surface area contributed by atoms with Crippen LogP contribution in [0.2, 0.25) is 0 Å². The fourth-order valence-corrected chi connectivity index (χ4v) is 1.93. The Bertz CT molecular complexity index is 610. The highest BCUT2D eigenvalue weighted by molar-refractivity contribution is 5.18. The second-order valence-electron chi connectivity index (χ2n) is 4.77. The predicted molar refractivity (Wildman–Crippen MR) is 71.1 cm³/mol. The van der Waals surface area contributed by atoms with Crippen molar-refractivity contribution < 1.29 is 26.7 Å². The molecule has 0 amide bonds. The van der Waals surface area contributed by atoms with E-state index in [1.807, 2.05) is 0 Å². The molecule has 6 heteroatoms. The van der Waals surface area contributed by atoms with Crippen molar-refractivity contribution in [2.45, 2.75) is 25.3 Å². The number of hydrogen-bond donors (Lipinski definition) is 0. The van der Waals surface area contributed by atoms with Crippen molar-refractivity contribution in [2.75, 3.05) is 0 Å². The standard InChI is InChI=1S/C16H13F5O/c17-13-7-6-12(14(18)9-13)10-22-15(16(19,20)21)8-11-4-2-1-3-5-11/h1-7,9,15H,8,10H2. The summed E-state index contributed by atoms with van der Waals surface area (Å²) in [6, 6.07) is 10.7. The van der Waals surface area contributed by atoms with Crippen molar-refractivity contribution in [3.8, 4) is 0 Å². The van der Waals surface area contributed by atoms with Crippen LogP contribution in [0.15, 0.2) is 48.5 Å². The summed E-state index contributed by atoms with van der Waals surface area (Å²) in [4.78, 5) is 0. The summed E-state index contributed by atoms with van der Waals surface area (Å²) in [5.74, 6) is -1.72. The topological polar surface area (TPSA) is 9.23 Å². The smallest absolute Gasteiger partial charge is 0.364 e. The maximum Gasteiger partial charge on any atom is 0.414 e. The summed E-state index contributed by atoms with van der Waals surface area (Å²) in [6.45, 7) is -0.580. The molecule has 0 radical (unpaired) electrons. The molecule has 1 atom stereocenters. The summed E-state index contributed by atoms with van der Waals surface area (Å²) in [6.07, 6.45) is -7.00. The largest absolute Gasteiger partial charge is 0.414 e. The van der Waals surface area contributed by atoms with Crippen LogP contribution < -0.4 is 0 Å². The number of rotatable bonds is 5. The van der Waals surface area contributed by atoms with Gasteiger partial charge in [-0.2, -0.15) is 13.2 Å². The van der Waals surface area contributed by atoms with E-state index in [2.05, 4.69) is 0 Å². The molecule has 0 aliphatic rings. The first kappa shape index (κ1) is 16.4. The first-order chi connectivity index (χ1) is 10.4. The van der Waals surface area contributed by atoms with Gasteiger partial charge in [0.25, 0.3) is 0 Å². The zero-order valence-corrected chi connectivity index (χ0v) is 11.4. The van der Waals surface area contributed by atoms with Crippen LogP contribution in [-0.4, -0.2) is 12.3 Å². The number of hydrogen-bond acceptors (Lipinski definition) is 1. The van der Waals surface area contributed by atoms with Crippen LogP contribution in [0.1, 0.15) is 11.1 Å². The Kier molecular flexibility index (Phi) is 5.13. The van der Waals surface area contributed by atoms with Gasteiger partial charge < -0.3 is 4.74 Å². The zero-order chi connectivity index (χ0) is 16.2. The second-order valence-corrected chi connectivity index (χ2v) is 4.77. The van der Waals surface area contributed by atoms with Crippen LogP contribution in [0, 0.1) is 11.6 Å². The third-order valence-electron chi connectivity index (χ3n) is 3.08. The molecular weight excluding hydrogens is 303 g/mol. The molecule has 1 unspecified atom stereocenters. The Hall–Kier alpha value is -1.95. The minimum Gasteiger partial charge on any atom is -0.364 e. The molecule has 118 valence electrons. The Morgan fingerprint density at radius 1 is 0.955 bits per heavy atom. The fourth-order valence-electron chi connectivity index (χ4n) is 1.93. The molecule has 0 heterocycles. The molecule has 0 aliphatic heterocycles. The minimum atomic E-state index is -4.58. The molecule has 0 bridgehead atoms. The lowest BCUT2D eigenvalue weighted by Gasteiger charge is -2.21. The fraction of sp³-hybridized carbons (Fsp3) is 0.250. The minimum absolute atomic E-state index is 0.122. The predicted octanol–water partition coefficient (Wildman–Crippen LogP) is 4.66. The van der Waals surface area contributed by atoms with Gasteiger partial charge in [0.05, 0.1) is 6.61 Å². The lowest BCUT2D eigenvalue weighted by molar-refractivity contribution is -0.223. The Morgan fingerprint density at radius 3 is 2.23 bits per heavy atom. The van der Waals surface area contributed by atoms with Gasteiger partial charge in [0.2, 0.25) is 0 Å². The van der Waals surface area contributed by atoms with Gasteiger partial charge in [0, 0.05) is 18.1 Å². The number of halogens is 5. The van der Waals surface area contributed by atoms with Crippen molar-refractivity contribution in [3.63, 3.8) is 0 Å². The van der Waals surface area contributed by atoms with E-state index in [4.69, 9.17) is 4.74 Å². The third-order valence-corrected chi connectivity index (χ3v) is 3.08. The molecule has 22 heavy (non-hydrogen) atoms. The highest BCUT2D eigenvalue weighted by Gasteiger charge is 2.40. The Labute approximate surface area is 124 Å². The van der Waals surface area contributed by atoms with Crippen LogP contribution in [0.25, 0.3) is 0 Å². The molecule has 2 aromatic carbocycles. The summed E-state index contributed by atoms with van der Waals surface area (Å²) >= 11 is 0. The molecule has 0 saturated carbocycles. The summed E-state index contributed by atoms with van der Waals surface area (Å²) in [5.41, 5.74) is 0.341. The number of alkyl halides is 3. The van der Waals surface area contributed by atoms with Gasteiger partial charge in [-0.1, -0.05) is 36.4 Å². The van der Waals surface area contributed by atoms with E-state index in [1.165, 1.54) is 0 Å². The lowest BCUT2D eigenvalue weighted by atomic mass is 10.1. The highest BCUT2D eigenvalue weighted by atomic mass is 19.4. The number of ether oxygens (including phenoxy) is 1. The van der Waals surface area contributed by atoms with Crippen LogP contribution in [0.3, 0.4) is 0 Å². The maximum atomic E-state index is 13.4. The van der Waals surface area contributed by atoms with Gasteiger partial charge >= 0.3 is 6.18 Å². The van der Waals surface area contributed by atoms with Gasteiger partial charge in [-0.05, 0) is 11.6 Å². The van der Waals surface area contributed by atoms with E-state index < -0.39 is 30.5 Å². The summed E-state index contributed by atoms with van der Waals surface area (Å²) in [7, 11) is 0. The van der Waals surface area contributed by atoms with Gasteiger partial charge in [0.1, 0.15) is 11.6 Å². The molecule has 0 spiro atoms. The average Bonchev–Trinajstić information content (AvgIpc) is 2.45. The van der Waals surface area contributed by atoms with E-state index in [0.717, 1.165) is 12.1 Å². The first-order valence-corrected chi connectivity index (χ1v) is 6.52. The van der Waals surface area contributed by atoms with Crippen LogP contribution >= 0.6 is 0 Å². The van der Waals surface area contributed by atoms with Crippen molar-refractivity contribution in [3.05, 3.63) is 71.3 Å². The average molecular weight is 316 g/mol. The quantitative estimate of drug-likeness (QED) is 0.729. The van der Waals surface area contributed by atoms with Crippen molar-refractivity contribution >= 4 is 0 Å². The van der Waals surface area contributed by atoms with E-state index in [0.29, 0.717) is 11.6 Å². The van der Waals surface area contributed by atoms with E-state index >= 15 is 0 Å². The van der Waals surface area contributed by atoms with E-state index in [1.54, 1.807) is 30.3 Å². The van der Waals surface area contributed by atoms with Gasteiger partial charge in [-0.3, -0.25) is 0 Å². The maximum absolute atomic E-state index is 13.4. The summed E-state index contributed by atoms with van der Waals surface area (Å²) < 4.78 is 70.0. The second kappa shape index (κ2) is 6.87. The van der Waals surface area contributed by atoms with E-state index in [9.17, 15) is 22.0 Å². The highest BCUT2D eigenvalue weighted by Crippen LogP contribution is 2.27. The molecular formula is C16H13F5O. The normalized spacial score (nSPS) is 13.1. The molecule has 0 saturated heterocycles. The molecule has 0 aromatic heterocycles. The van der Waals surface area contributed by atoms with Crippen LogP contribution in [-0.2, 0) is 17.8 Å². The molecule has 0 N–H and O–H groups in total. The van der Waals surface area contributed by atoms with Crippen molar-refractivity contribution in [1.82, 2.24) is 0 Å². The van der Waals surface area contributed by atoms with Crippen molar-refractivity contribution in [1.29, 1.82) is 0 Å². The van der Waals surface area contributed by atoms with Gasteiger partial charge in [0.15, 0.2) is 6.10 Å².